The molecule has 5 nitrogen and oxygen atoms in total. The Labute approximate surface area is 64.5 Å². The van der Waals surface area contributed by atoms with Crippen molar-refractivity contribution in [2.45, 2.75) is 0 Å². The molecule has 0 aromatic carbocycles. The largest absolute Gasteiger partial charge is 0.447 e. The van der Waals surface area contributed by atoms with Gasteiger partial charge in [-0.25, -0.2) is 14.5 Å². The van der Waals surface area contributed by atoms with E-state index in [0.29, 0.717) is 13.2 Å². The number of carbonyl (C=O) groups excluding carboxylic acids is 2. The monoisotopic (exact) mass is 158 g/mol. The molecule has 0 bridgehead atoms. The van der Waals surface area contributed by atoms with Gasteiger partial charge < -0.3 is 9.64 Å². The summed E-state index contributed by atoms with van der Waals surface area (Å²) in [5.41, 5.74) is 0. The molecular weight excluding hydrogens is 148 g/mol. The van der Waals surface area contributed by atoms with Crippen LogP contribution in [-0.2, 0) is 4.74 Å². The topological polar surface area (TPSA) is 49.9 Å². The minimum absolute atomic E-state index is 0.304. The Bertz CT molecular complexity index is 190. The van der Waals surface area contributed by atoms with E-state index in [4.69, 9.17) is 0 Å². The molecule has 1 saturated heterocycles. The molecule has 0 spiro atoms. The smallest absolute Gasteiger partial charge is 0.418 e. The summed E-state index contributed by atoms with van der Waals surface area (Å²) in [4.78, 5) is 24.3. The fraction of sp³-hybridized carbons (Fsp3) is 0.667. The number of nitrogens with zero attached hydrogens (tertiary/aromatic N) is 2. The second-order valence-electron chi connectivity index (χ2n) is 2.44. The van der Waals surface area contributed by atoms with Gasteiger partial charge >= 0.3 is 12.1 Å². The number of rotatable bonds is 0. The maximum absolute atomic E-state index is 11.1. The zero-order valence-electron chi connectivity index (χ0n) is 6.53. The summed E-state index contributed by atoms with van der Waals surface area (Å²) in [6, 6.07) is -0.326. The first-order chi connectivity index (χ1) is 5.13. The lowest BCUT2D eigenvalue weighted by Gasteiger charge is -2.16. The van der Waals surface area contributed by atoms with Gasteiger partial charge in [-0.15, -0.1) is 0 Å². The zero-order valence-corrected chi connectivity index (χ0v) is 6.53. The third kappa shape index (κ3) is 1.42. The van der Waals surface area contributed by atoms with Crippen LogP contribution in [0.3, 0.4) is 0 Å². The van der Waals surface area contributed by atoms with Gasteiger partial charge in [0.2, 0.25) is 0 Å². The molecule has 0 N–H and O–H groups in total. The van der Waals surface area contributed by atoms with Crippen molar-refractivity contribution in [1.82, 2.24) is 9.80 Å². The minimum atomic E-state index is -0.552. The molecule has 11 heavy (non-hydrogen) atoms. The molecule has 62 valence electrons. The van der Waals surface area contributed by atoms with Gasteiger partial charge in [-0.1, -0.05) is 0 Å². The summed E-state index contributed by atoms with van der Waals surface area (Å²) >= 11 is 0. The molecule has 5 heteroatoms. The van der Waals surface area contributed by atoms with Crippen LogP contribution in [0.4, 0.5) is 9.59 Å². The molecule has 0 radical (unpaired) electrons. The predicted octanol–water partition coefficient (Wildman–Crippen LogP) is 0.120. The normalized spacial score (nSPS) is 16.5. The third-order valence-corrected chi connectivity index (χ3v) is 1.37. The lowest BCUT2D eigenvalue weighted by molar-refractivity contribution is 0.151. The highest BCUT2D eigenvalue weighted by Crippen LogP contribution is 2.04. The van der Waals surface area contributed by atoms with Gasteiger partial charge in [0.05, 0.1) is 6.54 Å². The Morgan fingerprint density at radius 2 is 2.27 bits per heavy atom. The maximum Gasteiger partial charge on any atom is 0.418 e. The molecular formula is C6H10N2O3. The van der Waals surface area contributed by atoms with Crippen LogP contribution in [0.1, 0.15) is 0 Å². The third-order valence-electron chi connectivity index (χ3n) is 1.37. The molecule has 0 aliphatic carbocycles. The van der Waals surface area contributed by atoms with Crippen molar-refractivity contribution in [2.24, 2.45) is 0 Å². The number of hydrogen-bond donors (Lipinski definition) is 0. The number of amides is 3. The van der Waals surface area contributed by atoms with Crippen LogP contribution in [0.5, 0.6) is 0 Å². The number of ether oxygens (including phenoxy) is 1. The van der Waals surface area contributed by atoms with Crippen LogP contribution in [0.2, 0.25) is 0 Å². The van der Waals surface area contributed by atoms with Crippen LogP contribution < -0.4 is 0 Å². The SMILES string of the molecule is CN(C)C(=O)N1CCOC1=O. The Morgan fingerprint density at radius 3 is 2.64 bits per heavy atom. The van der Waals surface area contributed by atoms with Crippen LogP contribution in [0, 0.1) is 0 Å². The van der Waals surface area contributed by atoms with E-state index in [-0.39, 0.29) is 6.03 Å². The average molecular weight is 158 g/mol. The molecule has 1 aliphatic rings. The van der Waals surface area contributed by atoms with E-state index >= 15 is 0 Å². The van der Waals surface area contributed by atoms with Gasteiger partial charge in [-0.2, -0.15) is 0 Å². The van der Waals surface area contributed by atoms with E-state index < -0.39 is 6.09 Å². The van der Waals surface area contributed by atoms with Crippen molar-refractivity contribution < 1.29 is 14.3 Å². The first kappa shape index (κ1) is 7.84. The molecule has 1 aliphatic heterocycles. The van der Waals surface area contributed by atoms with Crippen LogP contribution in [0.25, 0.3) is 0 Å². The molecule has 1 fully saturated rings. The molecule has 0 unspecified atom stereocenters. The summed E-state index contributed by atoms with van der Waals surface area (Å²) < 4.78 is 4.58. The van der Waals surface area contributed by atoms with Crippen molar-refractivity contribution in [1.29, 1.82) is 0 Å². The lowest BCUT2D eigenvalue weighted by Crippen LogP contribution is -2.39. The second kappa shape index (κ2) is 2.77. The van der Waals surface area contributed by atoms with E-state index in [0.717, 1.165) is 4.90 Å². The first-order valence-corrected chi connectivity index (χ1v) is 3.28. The summed E-state index contributed by atoms with van der Waals surface area (Å²) in [5, 5.41) is 0. The number of cyclic esters (lactones) is 1. The highest BCUT2D eigenvalue weighted by molar-refractivity contribution is 5.91. The van der Waals surface area contributed by atoms with E-state index in [1.165, 1.54) is 4.90 Å². The van der Waals surface area contributed by atoms with Crippen molar-refractivity contribution in [3.05, 3.63) is 0 Å². The number of carbonyl (C=O) groups is 2. The Balaban J connectivity index is 2.60. The number of hydrogen-bond acceptors (Lipinski definition) is 3. The van der Waals surface area contributed by atoms with Crippen molar-refractivity contribution in [3.63, 3.8) is 0 Å². The zero-order chi connectivity index (χ0) is 8.43. The fourth-order valence-electron chi connectivity index (χ4n) is 0.809. The summed E-state index contributed by atoms with van der Waals surface area (Å²) in [7, 11) is 3.18. The van der Waals surface area contributed by atoms with E-state index in [1.54, 1.807) is 14.1 Å². The summed E-state index contributed by atoms with van der Waals surface area (Å²) in [6.45, 7) is 0.661. The molecule has 3 amide bonds. The van der Waals surface area contributed by atoms with Gasteiger partial charge in [0.1, 0.15) is 6.61 Å². The van der Waals surface area contributed by atoms with Gasteiger partial charge in [-0.3, -0.25) is 0 Å². The van der Waals surface area contributed by atoms with Gasteiger partial charge in [0.15, 0.2) is 0 Å². The van der Waals surface area contributed by atoms with E-state index in [9.17, 15) is 9.59 Å². The predicted molar refractivity (Wildman–Crippen MR) is 37.1 cm³/mol. The Hall–Kier alpha value is -1.26. The maximum atomic E-state index is 11.1. The Kier molecular flexibility index (Phi) is 1.98. The van der Waals surface area contributed by atoms with Crippen molar-refractivity contribution >= 4 is 12.1 Å². The summed E-state index contributed by atoms with van der Waals surface area (Å²) in [5.74, 6) is 0. The second-order valence-corrected chi connectivity index (χ2v) is 2.44. The number of imide groups is 1. The van der Waals surface area contributed by atoms with Crippen LogP contribution in [-0.4, -0.2) is 49.2 Å². The molecule has 0 aromatic rings. The average Bonchev–Trinajstić information content (AvgIpc) is 2.33. The molecule has 0 aromatic heterocycles. The molecule has 1 rings (SSSR count). The number of urea groups is 1. The standard InChI is InChI=1S/C6H10N2O3/c1-7(2)5(9)8-3-4-11-6(8)10/h3-4H2,1-2H3. The van der Waals surface area contributed by atoms with Crippen molar-refractivity contribution in [3.8, 4) is 0 Å². The van der Waals surface area contributed by atoms with Gasteiger partial charge in [0.25, 0.3) is 0 Å². The van der Waals surface area contributed by atoms with Crippen LogP contribution in [0.15, 0.2) is 0 Å². The highest BCUT2D eigenvalue weighted by Gasteiger charge is 2.29. The highest BCUT2D eigenvalue weighted by atomic mass is 16.6. The Morgan fingerprint density at radius 1 is 1.64 bits per heavy atom. The molecule has 0 atom stereocenters. The minimum Gasteiger partial charge on any atom is -0.447 e. The lowest BCUT2D eigenvalue weighted by atomic mass is 10.6. The quantitative estimate of drug-likeness (QED) is 0.503. The van der Waals surface area contributed by atoms with E-state index in [1.807, 2.05) is 0 Å². The fourth-order valence-corrected chi connectivity index (χ4v) is 0.809. The van der Waals surface area contributed by atoms with Crippen molar-refractivity contribution in [2.75, 3.05) is 27.2 Å². The van der Waals surface area contributed by atoms with Gasteiger partial charge in [-0.05, 0) is 0 Å². The van der Waals surface area contributed by atoms with E-state index in [2.05, 4.69) is 4.74 Å². The molecule has 0 saturated carbocycles. The first-order valence-electron chi connectivity index (χ1n) is 3.28. The van der Waals surface area contributed by atoms with Gasteiger partial charge in [0, 0.05) is 14.1 Å². The summed E-state index contributed by atoms with van der Waals surface area (Å²) in [6.07, 6.45) is -0.552. The molecule has 1 heterocycles. The van der Waals surface area contributed by atoms with Crippen LogP contribution >= 0.6 is 0 Å².